The molecule has 1 aliphatic heterocycles. The molecule has 96 valence electrons. The van der Waals surface area contributed by atoms with Crippen molar-refractivity contribution >= 4 is 5.97 Å². The first kappa shape index (κ1) is 11.7. The van der Waals surface area contributed by atoms with Gasteiger partial charge in [0.1, 0.15) is 18.1 Å². The minimum absolute atomic E-state index is 0.331. The van der Waals surface area contributed by atoms with Gasteiger partial charge in [-0.15, -0.1) is 0 Å². The Kier molecular flexibility index (Phi) is 2.91. The van der Waals surface area contributed by atoms with Gasteiger partial charge in [-0.25, -0.2) is 9.78 Å². The van der Waals surface area contributed by atoms with Gasteiger partial charge >= 0.3 is 5.97 Å². The molecule has 0 N–H and O–H groups in total. The Labute approximate surface area is 111 Å². The molecule has 0 saturated carbocycles. The van der Waals surface area contributed by atoms with Crippen molar-refractivity contribution in [2.75, 3.05) is 6.61 Å². The molecule has 4 nitrogen and oxygen atoms in total. The SMILES string of the molecule is CCOC(=O)c1cc2c(cn1)COc1ccccc1-2. The van der Waals surface area contributed by atoms with E-state index in [2.05, 4.69) is 4.98 Å². The molecule has 2 heterocycles. The number of hydrogen-bond acceptors (Lipinski definition) is 4. The Bertz CT molecular complexity index is 637. The van der Waals surface area contributed by atoms with Crippen molar-refractivity contribution in [3.63, 3.8) is 0 Å². The summed E-state index contributed by atoms with van der Waals surface area (Å²) in [7, 11) is 0. The van der Waals surface area contributed by atoms with E-state index >= 15 is 0 Å². The summed E-state index contributed by atoms with van der Waals surface area (Å²) in [6.45, 7) is 2.60. The van der Waals surface area contributed by atoms with Crippen molar-refractivity contribution < 1.29 is 14.3 Å². The number of hydrogen-bond donors (Lipinski definition) is 0. The fraction of sp³-hybridized carbons (Fsp3) is 0.200. The average molecular weight is 255 g/mol. The fourth-order valence-electron chi connectivity index (χ4n) is 2.14. The van der Waals surface area contributed by atoms with E-state index in [9.17, 15) is 4.79 Å². The Morgan fingerprint density at radius 3 is 3.05 bits per heavy atom. The van der Waals surface area contributed by atoms with Crippen molar-refractivity contribution in [3.05, 3.63) is 47.8 Å². The van der Waals surface area contributed by atoms with E-state index in [-0.39, 0.29) is 0 Å². The van der Waals surface area contributed by atoms with Crippen LogP contribution in [0, 0.1) is 0 Å². The number of aromatic nitrogens is 1. The fourth-order valence-corrected chi connectivity index (χ4v) is 2.14. The van der Waals surface area contributed by atoms with Crippen molar-refractivity contribution in [1.82, 2.24) is 4.98 Å². The Balaban J connectivity index is 2.08. The molecule has 1 aromatic carbocycles. The normalized spacial score (nSPS) is 12.1. The number of fused-ring (bicyclic) bond motifs is 3. The number of benzene rings is 1. The minimum atomic E-state index is -0.394. The molecule has 0 aliphatic carbocycles. The number of pyridine rings is 1. The molecule has 0 amide bonds. The molecule has 0 unspecified atom stereocenters. The van der Waals surface area contributed by atoms with Crippen LogP contribution in [0.2, 0.25) is 0 Å². The molecular formula is C15H13NO3. The highest BCUT2D eigenvalue weighted by Crippen LogP contribution is 2.37. The molecule has 19 heavy (non-hydrogen) atoms. The molecule has 4 heteroatoms. The van der Waals surface area contributed by atoms with Gasteiger partial charge in [-0.2, -0.15) is 0 Å². The standard InChI is InChI=1S/C15H13NO3/c1-2-18-15(17)13-7-12-10(8-16-13)9-19-14-6-4-3-5-11(12)14/h3-8H,2,9H2,1H3. The summed E-state index contributed by atoms with van der Waals surface area (Å²) in [5.74, 6) is 0.435. The lowest BCUT2D eigenvalue weighted by molar-refractivity contribution is 0.0519. The molecular weight excluding hydrogens is 242 g/mol. The smallest absolute Gasteiger partial charge is 0.356 e. The van der Waals surface area contributed by atoms with E-state index in [1.807, 2.05) is 24.3 Å². The van der Waals surface area contributed by atoms with E-state index < -0.39 is 5.97 Å². The second kappa shape index (κ2) is 4.72. The van der Waals surface area contributed by atoms with E-state index in [0.717, 1.165) is 22.4 Å². The van der Waals surface area contributed by atoms with Gasteiger partial charge < -0.3 is 9.47 Å². The van der Waals surface area contributed by atoms with Crippen LogP contribution in [0.1, 0.15) is 23.0 Å². The van der Waals surface area contributed by atoms with Gasteiger partial charge in [0.15, 0.2) is 0 Å². The zero-order valence-corrected chi connectivity index (χ0v) is 10.6. The highest BCUT2D eigenvalue weighted by Gasteiger charge is 2.19. The number of carbonyl (C=O) groups is 1. The second-order valence-corrected chi connectivity index (χ2v) is 4.23. The number of esters is 1. The zero-order chi connectivity index (χ0) is 13.2. The van der Waals surface area contributed by atoms with Crippen molar-refractivity contribution in [2.45, 2.75) is 13.5 Å². The summed E-state index contributed by atoms with van der Waals surface area (Å²) in [5, 5.41) is 0. The largest absolute Gasteiger partial charge is 0.488 e. The first-order valence-corrected chi connectivity index (χ1v) is 6.18. The van der Waals surface area contributed by atoms with Crippen LogP contribution in [0.4, 0.5) is 0 Å². The Morgan fingerprint density at radius 2 is 2.21 bits per heavy atom. The summed E-state index contributed by atoms with van der Waals surface area (Å²) < 4.78 is 10.6. The predicted octanol–water partition coefficient (Wildman–Crippen LogP) is 2.82. The van der Waals surface area contributed by atoms with E-state index in [1.165, 1.54) is 0 Å². The molecule has 0 radical (unpaired) electrons. The van der Waals surface area contributed by atoms with E-state index in [1.54, 1.807) is 19.2 Å². The zero-order valence-electron chi connectivity index (χ0n) is 10.6. The maximum Gasteiger partial charge on any atom is 0.356 e. The minimum Gasteiger partial charge on any atom is -0.488 e. The van der Waals surface area contributed by atoms with Crippen LogP contribution in [0.5, 0.6) is 5.75 Å². The highest BCUT2D eigenvalue weighted by atomic mass is 16.5. The monoisotopic (exact) mass is 255 g/mol. The third-order valence-electron chi connectivity index (χ3n) is 3.03. The first-order valence-electron chi connectivity index (χ1n) is 6.18. The maximum absolute atomic E-state index is 11.7. The lowest BCUT2D eigenvalue weighted by Gasteiger charge is -2.20. The molecule has 0 atom stereocenters. The number of ether oxygens (including phenoxy) is 2. The molecule has 1 aromatic heterocycles. The van der Waals surface area contributed by atoms with Gasteiger partial charge in [-0.3, -0.25) is 0 Å². The molecule has 2 aromatic rings. The van der Waals surface area contributed by atoms with Gasteiger partial charge in [-0.05, 0) is 24.6 Å². The van der Waals surface area contributed by atoms with Crippen LogP contribution in [-0.4, -0.2) is 17.6 Å². The van der Waals surface area contributed by atoms with Gasteiger partial charge in [0.25, 0.3) is 0 Å². The van der Waals surface area contributed by atoms with Crippen LogP contribution in [0.25, 0.3) is 11.1 Å². The van der Waals surface area contributed by atoms with Crippen molar-refractivity contribution in [2.24, 2.45) is 0 Å². The van der Waals surface area contributed by atoms with Crippen LogP contribution in [-0.2, 0) is 11.3 Å². The number of carbonyl (C=O) groups excluding carboxylic acids is 1. The second-order valence-electron chi connectivity index (χ2n) is 4.23. The van der Waals surface area contributed by atoms with E-state index in [0.29, 0.717) is 18.9 Å². The summed E-state index contributed by atoms with van der Waals surface area (Å²) >= 11 is 0. The van der Waals surface area contributed by atoms with Crippen molar-refractivity contribution in [3.8, 4) is 16.9 Å². The average Bonchev–Trinajstić information content (AvgIpc) is 2.47. The van der Waals surface area contributed by atoms with Crippen LogP contribution in [0.15, 0.2) is 36.5 Å². The molecule has 0 bridgehead atoms. The Hall–Kier alpha value is -2.36. The third-order valence-corrected chi connectivity index (χ3v) is 3.03. The molecule has 1 aliphatic rings. The highest BCUT2D eigenvalue weighted by molar-refractivity contribution is 5.90. The molecule has 0 saturated heterocycles. The predicted molar refractivity (Wildman–Crippen MR) is 70.0 cm³/mol. The molecule has 3 rings (SSSR count). The number of para-hydroxylation sites is 1. The lowest BCUT2D eigenvalue weighted by Crippen LogP contribution is -2.11. The van der Waals surface area contributed by atoms with Gasteiger partial charge in [0, 0.05) is 17.3 Å². The quantitative estimate of drug-likeness (QED) is 0.774. The topological polar surface area (TPSA) is 48.4 Å². The van der Waals surface area contributed by atoms with Gasteiger partial charge in [0.2, 0.25) is 0 Å². The Morgan fingerprint density at radius 1 is 1.37 bits per heavy atom. The summed E-state index contributed by atoms with van der Waals surface area (Å²) in [5.41, 5.74) is 3.28. The summed E-state index contributed by atoms with van der Waals surface area (Å²) in [6.07, 6.45) is 1.68. The van der Waals surface area contributed by atoms with Crippen molar-refractivity contribution in [1.29, 1.82) is 0 Å². The summed E-state index contributed by atoms with van der Waals surface area (Å²) in [4.78, 5) is 15.9. The maximum atomic E-state index is 11.7. The van der Waals surface area contributed by atoms with Crippen LogP contribution in [0.3, 0.4) is 0 Å². The number of rotatable bonds is 2. The first-order chi connectivity index (χ1) is 9.29. The number of nitrogens with zero attached hydrogens (tertiary/aromatic N) is 1. The molecule has 0 spiro atoms. The lowest BCUT2D eigenvalue weighted by atomic mass is 9.98. The van der Waals surface area contributed by atoms with E-state index in [4.69, 9.17) is 9.47 Å². The molecule has 0 fully saturated rings. The van der Waals surface area contributed by atoms with Gasteiger partial charge in [0.05, 0.1) is 6.61 Å². The van der Waals surface area contributed by atoms with Crippen LogP contribution >= 0.6 is 0 Å². The third kappa shape index (κ3) is 2.05. The van der Waals surface area contributed by atoms with Gasteiger partial charge in [-0.1, -0.05) is 18.2 Å². The van der Waals surface area contributed by atoms with Crippen LogP contribution < -0.4 is 4.74 Å². The summed E-state index contributed by atoms with van der Waals surface area (Å²) in [6, 6.07) is 9.54.